The van der Waals surface area contributed by atoms with Gasteiger partial charge in [-0.1, -0.05) is 24.4 Å². The number of aromatic nitrogens is 1. The molecule has 1 aromatic heterocycles. The topological polar surface area (TPSA) is 75.4 Å². The SMILES string of the molecule is Cc1cc(C(=O)N2CCC(NC(=O)C3CCCCC3)CC2)no1. The molecule has 1 N–H and O–H groups in total. The van der Waals surface area contributed by atoms with E-state index in [1.54, 1.807) is 17.9 Å². The summed E-state index contributed by atoms with van der Waals surface area (Å²) < 4.78 is 4.96. The van der Waals surface area contributed by atoms with Crippen LogP contribution in [0, 0.1) is 12.8 Å². The van der Waals surface area contributed by atoms with Gasteiger partial charge in [0.15, 0.2) is 5.69 Å². The van der Waals surface area contributed by atoms with Gasteiger partial charge in [0.1, 0.15) is 5.76 Å². The Morgan fingerprint density at radius 2 is 1.87 bits per heavy atom. The van der Waals surface area contributed by atoms with Crippen LogP contribution in [0.1, 0.15) is 61.2 Å². The Morgan fingerprint density at radius 1 is 1.17 bits per heavy atom. The number of aryl methyl sites for hydroxylation is 1. The molecule has 0 radical (unpaired) electrons. The maximum Gasteiger partial charge on any atom is 0.276 e. The lowest BCUT2D eigenvalue weighted by atomic mass is 9.88. The van der Waals surface area contributed by atoms with Gasteiger partial charge in [-0.2, -0.15) is 0 Å². The van der Waals surface area contributed by atoms with Crippen molar-refractivity contribution in [2.24, 2.45) is 5.92 Å². The molecule has 2 heterocycles. The Morgan fingerprint density at radius 3 is 2.48 bits per heavy atom. The standard InChI is InChI=1S/C17H25N3O3/c1-12-11-15(19-23-12)17(22)20-9-7-14(8-10-20)18-16(21)13-5-3-2-4-6-13/h11,13-14H,2-10H2,1H3,(H,18,21). The molecule has 1 saturated carbocycles. The molecule has 0 bridgehead atoms. The Bertz CT molecular complexity index is 555. The summed E-state index contributed by atoms with van der Waals surface area (Å²) in [4.78, 5) is 26.4. The van der Waals surface area contributed by atoms with E-state index in [0.717, 1.165) is 25.7 Å². The van der Waals surface area contributed by atoms with E-state index in [4.69, 9.17) is 4.52 Å². The van der Waals surface area contributed by atoms with Crippen LogP contribution in [0.15, 0.2) is 10.6 Å². The van der Waals surface area contributed by atoms with E-state index in [0.29, 0.717) is 24.5 Å². The Hall–Kier alpha value is -1.85. The van der Waals surface area contributed by atoms with E-state index in [2.05, 4.69) is 10.5 Å². The van der Waals surface area contributed by atoms with Crippen LogP contribution in [0.5, 0.6) is 0 Å². The molecule has 3 rings (SSSR count). The largest absolute Gasteiger partial charge is 0.361 e. The molecule has 0 spiro atoms. The summed E-state index contributed by atoms with van der Waals surface area (Å²) in [6.07, 6.45) is 7.25. The fourth-order valence-electron chi connectivity index (χ4n) is 3.54. The molecule has 2 amide bonds. The zero-order valence-electron chi connectivity index (χ0n) is 13.7. The van der Waals surface area contributed by atoms with Crippen LogP contribution in [0.25, 0.3) is 0 Å². The lowest BCUT2D eigenvalue weighted by molar-refractivity contribution is -0.126. The van der Waals surface area contributed by atoms with E-state index >= 15 is 0 Å². The first kappa shape index (κ1) is 16.0. The predicted molar refractivity (Wildman–Crippen MR) is 84.9 cm³/mol. The lowest BCUT2D eigenvalue weighted by Gasteiger charge is -2.33. The first-order chi connectivity index (χ1) is 11.1. The first-order valence-electron chi connectivity index (χ1n) is 8.66. The summed E-state index contributed by atoms with van der Waals surface area (Å²) >= 11 is 0. The van der Waals surface area contributed by atoms with Gasteiger partial charge in [0.25, 0.3) is 5.91 Å². The number of hydrogen-bond donors (Lipinski definition) is 1. The molecule has 1 aliphatic heterocycles. The van der Waals surface area contributed by atoms with Gasteiger partial charge in [-0.15, -0.1) is 0 Å². The van der Waals surface area contributed by atoms with Gasteiger partial charge in [0, 0.05) is 31.1 Å². The summed E-state index contributed by atoms with van der Waals surface area (Å²) in [6.45, 7) is 3.08. The van der Waals surface area contributed by atoms with Gasteiger partial charge in [-0.05, 0) is 32.6 Å². The molecular weight excluding hydrogens is 294 g/mol. The second kappa shape index (κ2) is 7.15. The number of carbonyl (C=O) groups excluding carboxylic acids is 2. The van der Waals surface area contributed by atoms with Crippen LogP contribution in [0.3, 0.4) is 0 Å². The Kier molecular flexibility index (Phi) is 4.98. The molecule has 6 heteroatoms. The maximum absolute atomic E-state index is 12.3. The molecule has 0 aromatic carbocycles. The lowest BCUT2D eigenvalue weighted by Crippen LogP contribution is -2.48. The average Bonchev–Trinajstić information content (AvgIpc) is 3.02. The van der Waals surface area contributed by atoms with Crippen molar-refractivity contribution in [3.05, 3.63) is 17.5 Å². The zero-order valence-corrected chi connectivity index (χ0v) is 13.7. The van der Waals surface area contributed by atoms with Crippen molar-refractivity contribution >= 4 is 11.8 Å². The molecule has 0 unspecified atom stereocenters. The van der Waals surface area contributed by atoms with Gasteiger partial charge >= 0.3 is 0 Å². The van der Waals surface area contributed by atoms with Crippen LogP contribution >= 0.6 is 0 Å². The van der Waals surface area contributed by atoms with Crippen LogP contribution in [0.4, 0.5) is 0 Å². The number of carbonyl (C=O) groups is 2. The number of amides is 2. The monoisotopic (exact) mass is 319 g/mol. The smallest absolute Gasteiger partial charge is 0.276 e. The molecule has 6 nitrogen and oxygen atoms in total. The normalized spacial score (nSPS) is 20.5. The van der Waals surface area contributed by atoms with E-state index in [9.17, 15) is 9.59 Å². The van der Waals surface area contributed by atoms with E-state index in [1.807, 2.05) is 0 Å². The third kappa shape index (κ3) is 3.92. The van der Waals surface area contributed by atoms with Crippen molar-refractivity contribution in [2.75, 3.05) is 13.1 Å². The second-order valence-corrected chi connectivity index (χ2v) is 6.73. The molecule has 1 aromatic rings. The van der Waals surface area contributed by atoms with Crippen molar-refractivity contribution in [1.82, 2.24) is 15.4 Å². The second-order valence-electron chi connectivity index (χ2n) is 6.73. The molecule has 23 heavy (non-hydrogen) atoms. The quantitative estimate of drug-likeness (QED) is 0.927. The number of piperidine rings is 1. The molecule has 126 valence electrons. The summed E-state index contributed by atoms with van der Waals surface area (Å²) in [6, 6.07) is 1.85. The number of likely N-dealkylation sites (tertiary alicyclic amines) is 1. The maximum atomic E-state index is 12.3. The Balaban J connectivity index is 1.46. The zero-order chi connectivity index (χ0) is 16.2. The van der Waals surface area contributed by atoms with Gasteiger partial charge in [0.05, 0.1) is 0 Å². The highest BCUT2D eigenvalue weighted by Crippen LogP contribution is 2.24. The average molecular weight is 319 g/mol. The van der Waals surface area contributed by atoms with Crippen molar-refractivity contribution in [3.8, 4) is 0 Å². The van der Waals surface area contributed by atoms with E-state index in [-0.39, 0.29) is 23.8 Å². The minimum Gasteiger partial charge on any atom is -0.361 e. The minimum absolute atomic E-state index is 0.0843. The highest BCUT2D eigenvalue weighted by atomic mass is 16.5. The van der Waals surface area contributed by atoms with Gasteiger partial charge in [-0.25, -0.2) is 0 Å². The molecule has 2 fully saturated rings. The third-order valence-electron chi connectivity index (χ3n) is 4.95. The summed E-state index contributed by atoms with van der Waals surface area (Å²) in [5.41, 5.74) is 0.368. The number of rotatable bonds is 3. The minimum atomic E-state index is -0.0843. The highest BCUT2D eigenvalue weighted by Gasteiger charge is 2.28. The van der Waals surface area contributed by atoms with E-state index < -0.39 is 0 Å². The van der Waals surface area contributed by atoms with Crippen molar-refractivity contribution in [1.29, 1.82) is 0 Å². The Labute approximate surface area is 136 Å². The fraction of sp³-hybridized carbons (Fsp3) is 0.706. The van der Waals surface area contributed by atoms with Gasteiger partial charge in [-0.3, -0.25) is 9.59 Å². The first-order valence-corrected chi connectivity index (χ1v) is 8.66. The van der Waals surface area contributed by atoms with Crippen molar-refractivity contribution in [3.63, 3.8) is 0 Å². The summed E-state index contributed by atoms with van der Waals surface area (Å²) in [5, 5.41) is 6.96. The highest BCUT2D eigenvalue weighted by molar-refractivity contribution is 5.92. The fourth-order valence-corrected chi connectivity index (χ4v) is 3.54. The van der Waals surface area contributed by atoms with E-state index in [1.165, 1.54) is 19.3 Å². The summed E-state index contributed by atoms with van der Waals surface area (Å²) in [7, 11) is 0. The van der Waals surface area contributed by atoms with Crippen LogP contribution in [-0.4, -0.2) is 41.0 Å². The van der Waals surface area contributed by atoms with Gasteiger partial charge < -0.3 is 14.7 Å². The van der Waals surface area contributed by atoms with Crippen molar-refractivity contribution < 1.29 is 14.1 Å². The van der Waals surface area contributed by atoms with Gasteiger partial charge in [0.2, 0.25) is 5.91 Å². The third-order valence-corrected chi connectivity index (χ3v) is 4.95. The van der Waals surface area contributed by atoms with Crippen molar-refractivity contribution in [2.45, 2.75) is 57.9 Å². The molecule has 1 aliphatic carbocycles. The van der Waals surface area contributed by atoms with Crippen LogP contribution in [-0.2, 0) is 4.79 Å². The molecular formula is C17H25N3O3. The predicted octanol–water partition coefficient (Wildman–Crippen LogP) is 2.28. The van der Waals surface area contributed by atoms with Crippen LogP contribution < -0.4 is 5.32 Å². The molecule has 2 aliphatic rings. The molecule has 0 atom stereocenters. The number of nitrogens with zero attached hydrogens (tertiary/aromatic N) is 2. The number of nitrogens with one attached hydrogen (secondary N) is 1. The summed E-state index contributed by atoms with van der Waals surface area (Å²) in [5.74, 6) is 0.963. The molecule has 1 saturated heterocycles. The van der Waals surface area contributed by atoms with Crippen LogP contribution in [0.2, 0.25) is 0 Å². The number of hydrogen-bond acceptors (Lipinski definition) is 4.